The molecule has 1 saturated carbocycles. The minimum atomic E-state index is -0.0575. The zero-order chi connectivity index (χ0) is 12.3. The highest BCUT2D eigenvalue weighted by molar-refractivity contribution is 6.30. The van der Waals surface area contributed by atoms with Gasteiger partial charge in [-0.15, -0.1) is 12.4 Å². The summed E-state index contributed by atoms with van der Waals surface area (Å²) in [5.74, 6) is 0.357. The number of carbonyl (C=O) groups excluding carboxylic acids is 1. The normalized spacial score (nSPS) is 22.3. The second-order valence-corrected chi connectivity index (χ2v) is 4.95. The van der Waals surface area contributed by atoms with Crippen molar-refractivity contribution in [2.45, 2.75) is 25.3 Å². The maximum Gasteiger partial charge on any atom is 0.251 e. The summed E-state index contributed by atoms with van der Waals surface area (Å²) in [5.41, 5.74) is 6.30. The summed E-state index contributed by atoms with van der Waals surface area (Å²) in [6.45, 7) is 0.639. The van der Waals surface area contributed by atoms with E-state index >= 15 is 0 Å². The fourth-order valence-electron chi connectivity index (χ4n) is 2.39. The van der Waals surface area contributed by atoms with Gasteiger partial charge in [0, 0.05) is 16.6 Å². The molecule has 2 rings (SSSR count). The van der Waals surface area contributed by atoms with Crippen molar-refractivity contribution in [3.8, 4) is 0 Å². The van der Waals surface area contributed by atoms with Crippen molar-refractivity contribution in [3.63, 3.8) is 0 Å². The summed E-state index contributed by atoms with van der Waals surface area (Å²) < 4.78 is 0. The van der Waals surface area contributed by atoms with Crippen LogP contribution in [0.4, 0.5) is 0 Å². The van der Waals surface area contributed by atoms with Crippen LogP contribution in [0.25, 0.3) is 0 Å². The van der Waals surface area contributed by atoms with Crippen molar-refractivity contribution in [1.82, 2.24) is 5.32 Å². The van der Waals surface area contributed by atoms with E-state index in [-0.39, 0.29) is 24.4 Å². The van der Waals surface area contributed by atoms with Gasteiger partial charge in [0.25, 0.3) is 5.91 Å². The molecular weight excluding hydrogens is 271 g/mol. The Morgan fingerprint density at radius 1 is 1.44 bits per heavy atom. The maximum atomic E-state index is 12.0. The lowest BCUT2D eigenvalue weighted by atomic mass is 10.0. The third-order valence-corrected chi connectivity index (χ3v) is 3.60. The third kappa shape index (κ3) is 3.61. The molecule has 1 aliphatic rings. The number of hydrogen-bond acceptors (Lipinski definition) is 2. The molecule has 0 spiro atoms. The highest BCUT2D eigenvalue weighted by Crippen LogP contribution is 2.25. The largest absolute Gasteiger partial charge is 0.349 e. The van der Waals surface area contributed by atoms with Gasteiger partial charge in [0.15, 0.2) is 0 Å². The standard InChI is InChI=1S/C13H17ClN2O.ClH/c14-11-5-1-3-9(7-11)13(17)16-12-6-2-4-10(12)8-15;/h1,3,5,7,10,12H,2,4,6,8,15H2,(H,16,17);1H. The zero-order valence-electron chi connectivity index (χ0n) is 10.1. The lowest BCUT2D eigenvalue weighted by molar-refractivity contribution is 0.0929. The molecule has 2 atom stereocenters. The summed E-state index contributed by atoms with van der Waals surface area (Å²) >= 11 is 5.86. The Labute approximate surface area is 118 Å². The SMILES string of the molecule is Cl.NCC1CCCC1NC(=O)c1cccc(Cl)c1. The quantitative estimate of drug-likeness (QED) is 0.898. The number of amides is 1. The van der Waals surface area contributed by atoms with Crippen LogP contribution in [-0.2, 0) is 0 Å². The number of carbonyl (C=O) groups is 1. The molecule has 100 valence electrons. The van der Waals surface area contributed by atoms with Gasteiger partial charge in [0.1, 0.15) is 0 Å². The van der Waals surface area contributed by atoms with E-state index in [1.165, 1.54) is 0 Å². The van der Waals surface area contributed by atoms with Gasteiger partial charge in [-0.1, -0.05) is 24.1 Å². The van der Waals surface area contributed by atoms with Crippen LogP contribution in [0.3, 0.4) is 0 Å². The summed E-state index contributed by atoms with van der Waals surface area (Å²) in [5, 5.41) is 3.63. The van der Waals surface area contributed by atoms with Gasteiger partial charge in [-0.2, -0.15) is 0 Å². The second-order valence-electron chi connectivity index (χ2n) is 4.52. The number of benzene rings is 1. The van der Waals surface area contributed by atoms with E-state index in [9.17, 15) is 4.79 Å². The molecule has 0 radical (unpaired) electrons. The van der Waals surface area contributed by atoms with E-state index in [1.54, 1.807) is 24.3 Å². The molecule has 0 heterocycles. The zero-order valence-corrected chi connectivity index (χ0v) is 11.6. The van der Waals surface area contributed by atoms with Crippen molar-refractivity contribution in [2.75, 3.05) is 6.54 Å². The molecule has 3 N–H and O–H groups in total. The molecule has 3 nitrogen and oxygen atoms in total. The first-order valence-electron chi connectivity index (χ1n) is 5.97. The molecule has 0 saturated heterocycles. The van der Waals surface area contributed by atoms with Crippen LogP contribution in [0.1, 0.15) is 29.6 Å². The van der Waals surface area contributed by atoms with E-state index in [1.807, 2.05) is 0 Å². The number of nitrogens with one attached hydrogen (secondary N) is 1. The maximum absolute atomic E-state index is 12.0. The fraction of sp³-hybridized carbons (Fsp3) is 0.462. The smallest absolute Gasteiger partial charge is 0.251 e. The van der Waals surface area contributed by atoms with Crippen LogP contribution in [0.15, 0.2) is 24.3 Å². The fourth-order valence-corrected chi connectivity index (χ4v) is 2.58. The average molecular weight is 289 g/mol. The molecule has 0 aliphatic heterocycles. The van der Waals surface area contributed by atoms with E-state index in [0.29, 0.717) is 23.0 Å². The Morgan fingerprint density at radius 3 is 2.89 bits per heavy atom. The molecule has 0 aromatic heterocycles. The monoisotopic (exact) mass is 288 g/mol. The van der Waals surface area contributed by atoms with E-state index in [0.717, 1.165) is 19.3 Å². The predicted octanol–water partition coefficient (Wildman–Crippen LogP) is 2.62. The minimum absolute atomic E-state index is 0. The van der Waals surface area contributed by atoms with Gasteiger partial charge in [-0.05, 0) is 43.5 Å². The molecule has 1 aromatic rings. The molecule has 1 aliphatic carbocycles. The van der Waals surface area contributed by atoms with Crippen LogP contribution < -0.4 is 11.1 Å². The third-order valence-electron chi connectivity index (χ3n) is 3.37. The summed E-state index contributed by atoms with van der Waals surface area (Å²) in [6, 6.07) is 7.21. The Balaban J connectivity index is 0.00000162. The van der Waals surface area contributed by atoms with E-state index < -0.39 is 0 Å². The molecule has 2 unspecified atom stereocenters. The highest BCUT2D eigenvalue weighted by atomic mass is 35.5. The lowest BCUT2D eigenvalue weighted by Crippen LogP contribution is -2.39. The summed E-state index contributed by atoms with van der Waals surface area (Å²) in [7, 11) is 0. The van der Waals surface area contributed by atoms with Gasteiger partial charge in [-0.25, -0.2) is 0 Å². The molecular formula is C13H18Cl2N2O. The van der Waals surface area contributed by atoms with Gasteiger partial charge in [0.2, 0.25) is 0 Å². The first kappa shape index (κ1) is 15.3. The van der Waals surface area contributed by atoms with Crippen LogP contribution in [0.2, 0.25) is 5.02 Å². The van der Waals surface area contributed by atoms with Crippen LogP contribution in [0.5, 0.6) is 0 Å². The topological polar surface area (TPSA) is 55.1 Å². The summed E-state index contributed by atoms with van der Waals surface area (Å²) in [4.78, 5) is 12.0. The van der Waals surface area contributed by atoms with Crippen molar-refractivity contribution < 1.29 is 4.79 Å². The molecule has 1 amide bonds. The number of hydrogen-bond donors (Lipinski definition) is 2. The Hall–Kier alpha value is -0.770. The second kappa shape index (κ2) is 6.98. The molecule has 18 heavy (non-hydrogen) atoms. The first-order chi connectivity index (χ1) is 8.20. The van der Waals surface area contributed by atoms with Crippen LogP contribution in [0, 0.1) is 5.92 Å². The Kier molecular flexibility index (Phi) is 5.93. The van der Waals surface area contributed by atoms with Crippen molar-refractivity contribution in [2.24, 2.45) is 11.7 Å². The van der Waals surface area contributed by atoms with Crippen LogP contribution in [-0.4, -0.2) is 18.5 Å². The van der Waals surface area contributed by atoms with Crippen molar-refractivity contribution in [3.05, 3.63) is 34.9 Å². The van der Waals surface area contributed by atoms with E-state index in [2.05, 4.69) is 5.32 Å². The molecule has 0 bridgehead atoms. The van der Waals surface area contributed by atoms with Crippen molar-refractivity contribution >= 4 is 29.9 Å². The average Bonchev–Trinajstić information content (AvgIpc) is 2.76. The lowest BCUT2D eigenvalue weighted by Gasteiger charge is -2.19. The molecule has 1 fully saturated rings. The molecule has 5 heteroatoms. The van der Waals surface area contributed by atoms with Crippen LogP contribution >= 0.6 is 24.0 Å². The predicted molar refractivity (Wildman–Crippen MR) is 76.3 cm³/mol. The summed E-state index contributed by atoms with van der Waals surface area (Å²) in [6.07, 6.45) is 3.27. The van der Waals surface area contributed by atoms with Gasteiger partial charge >= 0.3 is 0 Å². The number of rotatable bonds is 3. The Morgan fingerprint density at radius 2 is 2.22 bits per heavy atom. The first-order valence-corrected chi connectivity index (χ1v) is 6.35. The highest BCUT2D eigenvalue weighted by Gasteiger charge is 2.27. The number of halogens is 2. The Bertz CT molecular complexity index is 412. The van der Waals surface area contributed by atoms with E-state index in [4.69, 9.17) is 17.3 Å². The van der Waals surface area contributed by atoms with Gasteiger partial charge in [-0.3, -0.25) is 4.79 Å². The number of nitrogens with two attached hydrogens (primary N) is 1. The van der Waals surface area contributed by atoms with Gasteiger partial charge in [0.05, 0.1) is 0 Å². The molecule has 1 aromatic carbocycles. The van der Waals surface area contributed by atoms with Gasteiger partial charge < -0.3 is 11.1 Å². The minimum Gasteiger partial charge on any atom is -0.349 e. The van der Waals surface area contributed by atoms with Crippen molar-refractivity contribution in [1.29, 1.82) is 0 Å².